The van der Waals surface area contributed by atoms with Gasteiger partial charge in [-0.05, 0) is 67.4 Å². The molecule has 3 aromatic heterocycles. The lowest BCUT2D eigenvalue weighted by molar-refractivity contribution is 0.400. The molecule has 3 heterocycles. The van der Waals surface area contributed by atoms with Gasteiger partial charge in [0.2, 0.25) is 17.7 Å². The minimum absolute atomic E-state index is 0.109. The molecule has 0 aliphatic carbocycles. The van der Waals surface area contributed by atoms with Gasteiger partial charge >= 0.3 is 0 Å². The molecular weight excluding hydrogens is 600 g/mol. The first-order chi connectivity index (χ1) is 22.1. The molecule has 0 fully saturated rings. The lowest BCUT2D eigenvalue weighted by Crippen LogP contribution is -2.23. The minimum Gasteiger partial charge on any atom is -0.480 e. The second-order valence-electron chi connectivity index (χ2n) is 11.1. The van der Waals surface area contributed by atoms with Gasteiger partial charge in [0, 0.05) is 29.9 Å². The fourth-order valence-corrected chi connectivity index (χ4v) is 6.41. The van der Waals surface area contributed by atoms with Crippen LogP contribution >= 0.6 is 0 Å². The molecule has 6 aromatic rings. The monoisotopic (exact) mass is 628 g/mol. The number of pyridine rings is 2. The molecule has 46 heavy (non-hydrogen) atoms. The van der Waals surface area contributed by atoms with Crippen LogP contribution in [0.25, 0.3) is 38.8 Å². The lowest BCUT2D eigenvalue weighted by Gasteiger charge is -2.16. The molecule has 0 amide bonds. The number of nitrogens with one attached hydrogen (secondary N) is 1. The molecule has 0 unspecified atom stereocenters. The second kappa shape index (κ2) is 11.5. The molecule has 228 valence electrons. The van der Waals surface area contributed by atoms with Crippen molar-refractivity contribution in [1.82, 2.24) is 19.1 Å². The van der Waals surface area contributed by atoms with Crippen molar-refractivity contribution in [3.8, 4) is 35.0 Å². The number of nitrogens with zero attached hydrogens (tertiary/aromatic N) is 7. The number of benzene rings is 3. The molecule has 3 aromatic carbocycles. The Balaban J connectivity index is 1.54. The molecule has 12 heteroatoms. The number of sulfonamides is 1. The minimum atomic E-state index is -3.91. The van der Waals surface area contributed by atoms with Crippen molar-refractivity contribution in [3.05, 3.63) is 102 Å². The Labute approximate surface area is 265 Å². The molecule has 0 atom stereocenters. The van der Waals surface area contributed by atoms with E-state index in [2.05, 4.69) is 25.8 Å². The first-order valence-corrected chi connectivity index (χ1v) is 15.6. The topological polar surface area (TPSA) is 151 Å². The van der Waals surface area contributed by atoms with E-state index < -0.39 is 15.4 Å². The van der Waals surface area contributed by atoms with Gasteiger partial charge in [0.1, 0.15) is 5.69 Å². The van der Waals surface area contributed by atoms with Gasteiger partial charge in [-0.2, -0.15) is 10.5 Å². The highest BCUT2D eigenvalue weighted by Gasteiger charge is 2.22. The van der Waals surface area contributed by atoms with E-state index in [1.165, 1.54) is 19.2 Å². The third-order valence-corrected chi connectivity index (χ3v) is 9.24. The molecule has 1 N–H and O–H groups in total. The first kappa shape index (κ1) is 30.1. The second-order valence-corrected chi connectivity index (χ2v) is 12.8. The number of aryl methyl sites for hydroxylation is 1. The fraction of sp³-hybridized carbons (Fsp3) is 0.147. The molecule has 0 aliphatic heterocycles. The summed E-state index contributed by atoms with van der Waals surface area (Å²) >= 11 is 0. The summed E-state index contributed by atoms with van der Waals surface area (Å²) in [6.07, 6.45) is 5.27. The van der Waals surface area contributed by atoms with Gasteiger partial charge < -0.3 is 9.30 Å². The van der Waals surface area contributed by atoms with Gasteiger partial charge in [-0.3, -0.25) is 14.3 Å². The summed E-state index contributed by atoms with van der Waals surface area (Å²) in [6.45, 7) is 3.71. The van der Waals surface area contributed by atoms with Crippen LogP contribution in [-0.2, 0) is 22.5 Å². The average molecular weight is 629 g/mol. The maximum absolute atomic E-state index is 13.1. The van der Waals surface area contributed by atoms with Crippen molar-refractivity contribution < 1.29 is 13.2 Å². The largest absolute Gasteiger partial charge is 0.480 e. The fourth-order valence-electron chi connectivity index (χ4n) is 5.34. The van der Waals surface area contributed by atoms with Gasteiger partial charge in [0.05, 0.1) is 46.2 Å². The maximum atomic E-state index is 13.1. The third-order valence-electron chi connectivity index (χ3n) is 7.86. The Bertz CT molecular complexity index is 2400. The van der Waals surface area contributed by atoms with E-state index >= 15 is 0 Å². The third kappa shape index (κ3) is 5.21. The van der Waals surface area contributed by atoms with E-state index in [4.69, 9.17) is 4.74 Å². The van der Waals surface area contributed by atoms with Crippen molar-refractivity contribution in [1.29, 1.82) is 10.5 Å². The Morgan fingerprint density at radius 3 is 2.35 bits per heavy atom. The summed E-state index contributed by atoms with van der Waals surface area (Å²) < 4.78 is 37.9. The SMILES string of the molecule is COc1ncc(-c2ccc3ncc4c(c3c2)n(-c2ccc(C(C)(C)C#N)cc2)c(=NC#N)n4C)cc1NS(=O)(=O)c1ccccc1. The number of ether oxygens (including phenoxy) is 1. The van der Waals surface area contributed by atoms with Crippen molar-refractivity contribution in [2.45, 2.75) is 24.2 Å². The van der Waals surface area contributed by atoms with Gasteiger partial charge in [0.25, 0.3) is 10.0 Å². The highest BCUT2D eigenvalue weighted by atomic mass is 32.2. The van der Waals surface area contributed by atoms with E-state index in [1.54, 1.807) is 41.2 Å². The number of anilines is 1. The summed E-state index contributed by atoms with van der Waals surface area (Å²) in [5, 5.41) is 20.0. The van der Waals surface area contributed by atoms with Crippen LogP contribution in [-0.4, -0.2) is 34.6 Å². The van der Waals surface area contributed by atoms with Crippen molar-refractivity contribution in [2.24, 2.45) is 12.0 Å². The predicted molar refractivity (Wildman–Crippen MR) is 174 cm³/mol. The number of aromatic nitrogens is 4. The average Bonchev–Trinajstić information content (AvgIpc) is 3.36. The van der Waals surface area contributed by atoms with Crippen molar-refractivity contribution >= 4 is 37.6 Å². The Hall–Kier alpha value is -5.98. The number of hydrogen-bond donors (Lipinski definition) is 1. The van der Waals surface area contributed by atoms with Crippen LogP contribution in [0.3, 0.4) is 0 Å². The molecule has 0 saturated heterocycles. The number of imidazole rings is 1. The predicted octanol–water partition coefficient (Wildman–Crippen LogP) is 5.57. The number of methoxy groups -OCH3 is 1. The normalized spacial score (nSPS) is 12.2. The standard InChI is InChI=1S/C34H28N8O3S/c1-34(2,20-35)24-11-13-25(14-12-24)42-31-27-16-22(10-15-28(27)37-19-30(31)41(3)33(42)39-21-36)23-17-29(32(45-4)38-18-23)40-46(43,44)26-8-6-5-7-9-26/h5-19,40H,1-4H3. The van der Waals surface area contributed by atoms with Crippen molar-refractivity contribution in [3.63, 3.8) is 0 Å². The molecule has 0 saturated carbocycles. The van der Waals surface area contributed by atoms with Gasteiger partial charge in [-0.15, -0.1) is 4.99 Å². The quantitative estimate of drug-likeness (QED) is 0.227. The van der Waals surface area contributed by atoms with Crippen molar-refractivity contribution in [2.75, 3.05) is 11.8 Å². The van der Waals surface area contributed by atoms with Crippen LogP contribution in [0, 0.1) is 22.8 Å². The summed E-state index contributed by atoms with van der Waals surface area (Å²) in [6, 6.07) is 25.4. The van der Waals surface area contributed by atoms with Gasteiger partial charge in [-0.1, -0.05) is 36.4 Å². The molecule has 0 aliphatic rings. The molecule has 0 spiro atoms. The van der Waals surface area contributed by atoms with Crippen LogP contribution in [0.1, 0.15) is 19.4 Å². The number of rotatable bonds is 7. The number of hydrogen-bond acceptors (Lipinski definition) is 8. The van der Waals surface area contributed by atoms with Crippen LogP contribution < -0.4 is 15.1 Å². The summed E-state index contributed by atoms with van der Waals surface area (Å²) in [4.78, 5) is 13.3. The summed E-state index contributed by atoms with van der Waals surface area (Å²) in [7, 11) is -0.666. The van der Waals surface area contributed by atoms with Crippen LogP contribution in [0.2, 0.25) is 0 Å². The van der Waals surface area contributed by atoms with E-state index in [9.17, 15) is 18.9 Å². The molecule has 0 radical (unpaired) electrons. The zero-order valence-corrected chi connectivity index (χ0v) is 26.2. The summed E-state index contributed by atoms with van der Waals surface area (Å²) in [5.74, 6) is 0.125. The molecule has 0 bridgehead atoms. The molecule has 6 rings (SSSR count). The molecular formula is C34H28N8O3S. The van der Waals surface area contributed by atoms with E-state index in [-0.39, 0.29) is 16.5 Å². The molecule has 11 nitrogen and oxygen atoms in total. The van der Waals surface area contributed by atoms with E-state index in [0.29, 0.717) is 16.7 Å². The smallest absolute Gasteiger partial charge is 0.262 e. The van der Waals surface area contributed by atoms with E-state index in [0.717, 1.165) is 33.2 Å². The summed E-state index contributed by atoms with van der Waals surface area (Å²) in [5.41, 5.74) is 5.11. The zero-order chi connectivity index (χ0) is 32.6. The van der Waals surface area contributed by atoms with Crippen LogP contribution in [0.15, 0.2) is 101 Å². The first-order valence-electron chi connectivity index (χ1n) is 14.2. The van der Waals surface area contributed by atoms with E-state index in [1.807, 2.05) is 74.1 Å². The Kier molecular flexibility index (Phi) is 7.52. The highest BCUT2D eigenvalue weighted by molar-refractivity contribution is 7.92. The van der Waals surface area contributed by atoms with Crippen LogP contribution in [0.4, 0.5) is 5.69 Å². The maximum Gasteiger partial charge on any atom is 0.262 e. The Morgan fingerprint density at radius 1 is 0.935 bits per heavy atom. The highest BCUT2D eigenvalue weighted by Crippen LogP contribution is 2.34. The van der Waals surface area contributed by atoms with Gasteiger partial charge in [0.15, 0.2) is 0 Å². The number of nitriles is 2. The number of fused-ring (bicyclic) bond motifs is 3. The lowest BCUT2D eigenvalue weighted by atomic mass is 9.86. The Morgan fingerprint density at radius 2 is 1.67 bits per heavy atom. The zero-order valence-electron chi connectivity index (χ0n) is 25.4. The van der Waals surface area contributed by atoms with Gasteiger partial charge in [-0.25, -0.2) is 13.4 Å². The van der Waals surface area contributed by atoms with Crippen LogP contribution in [0.5, 0.6) is 5.88 Å².